The standard InChI is InChI=1S/C20H21F2N3O/c1-15(16-9-10-18(21)19(22)13-16)24(2)14-20(26)25(12-6-11-23)17-7-4-3-5-8-17/h3-5,7-10,13,15H,6,12,14H2,1-2H3. The van der Waals surface area contributed by atoms with Crippen LogP contribution < -0.4 is 4.90 Å². The van der Waals surface area contributed by atoms with Crippen molar-refractivity contribution >= 4 is 11.6 Å². The summed E-state index contributed by atoms with van der Waals surface area (Å²) in [7, 11) is 1.75. The van der Waals surface area contributed by atoms with Gasteiger partial charge in [0.1, 0.15) is 0 Å². The van der Waals surface area contributed by atoms with Crippen molar-refractivity contribution in [3.8, 4) is 6.07 Å². The summed E-state index contributed by atoms with van der Waals surface area (Å²) in [6.07, 6.45) is 0.225. The zero-order valence-corrected chi connectivity index (χ0v) is 14.8. The van der Waals surface area contributed by atoms with Crippen LogP contribution in [0, 0.1) is 23.0 Å². The van der Waals surface area contributed by atoms with E-state index < -0.39 is 11.6 Å². The molecule has 6 heteroatoms. The Kier molecular flexibility index (Phi) is 6.81. The SMILES string of the molecule is CC(c1ccc(F)c(F)c1)N(C)CC(=O)N(CCC#N)c1ccccc1. The van der Waals surface area contributed by atoms with Crippen LogP contribution in [0.4, 0.5) is 14.5 Å². The lowest BCUT2D eigenvalue weighted by Crippen LogP contribution is -2.40. The number of halogens is 2. The predicted octanol–water partition coefficient (Wildman–Crippen LogP) is 3.90. The monoisotopic (exact) mass is 357 g/mol. The van der Waals surface area contributed by atoms with Crippen molar-refractivity contribution in [1.82, 2.24) is 4.90 Å². The summed E-state index contributed by atoms with van der Waals surface area (Å²) in [5, 5.41) is 8.85. The van der Waals surface area contributed by atoms with Crippen LogP contribution in [-0.4, -0.2) is 30.9 Å². The molecule has 0 bridgehead atoms. The minimum Gasteiger partial charge on any atom is -0.310 e. The van der Waals surface area contributed by atoms with Crippen molar-refractivity contribution in [2.24, 2.45) is 0 Å². The lowest BCUT2D eigenvalue weighted by Gasteiger charge is -2.28. The number of para-hydroxylation sites is 1. The molecule has 2 aromatic carbocycles. The van der Waals surface area contributed by atoms with Gasteiger partial charge in [0, 0.05) is 18.3 Å². The zero-order chi connectivity index (χ0) is 19.1. The fourth-order valence-corrected chi connectivity index (χ4v) is 2.63. The van der Waals surface area contributed by atoms with E-state index in [0.717, 1.165) is 17.8 Å². The Labute approximate surface area is 152 Å². The summed E-state index contributed by atoms with van der Waals surface area (Å²) in [4.78, 5) is 16.1. The molecule has 0 aliphatic heterocycles. The molecule has 0 aromatic heterocycles. The normalized spacial score (nSPS) is 11.8. The second kappa shape index (κ2) is 9.07. The van der Waals surface area contributed by atoms with Crippen LogP contribution in [0.15, 0.2) is 48.5 Å². The van der Waals surface area contributed by atoms with Gasteiger partial charge in [0.25, 0.3) is 0 Å². The summed E-state index contributed by atoms with van der Waals surface area (Å²) in [5.41, 5.74) is 1.31. The highest BCUT2D eigenvalue weighted by molar-refractivity contribution is 5.94. The van der Waals surface area contributed by atoms with Crippen LogP contribution in [0.25, 0.3) is 0 Å². The van der Waals surface area contributed by atoms with Gasteiger partial charge in [-0.2, -0.15) is 5.26 Å². The second-order valence-corrected chi connectivity index (χ2v) is 6.05. The molecule has 0 aliphatic carbocycles. The van der Waals surface area contributed by atoms with Gasteiger partial charge in [-0.3, -0.25) is 9.69 Å². The molecule has 1 unspecified atom stereocenters. The maximum Gasteiger partial charge on any atom is 0.241 e. The average Bonchev–Trinajstić information content (AvgIpc) is 2.64. The van der Waals surface area contributed by atoms with E-state index in [9.17, 15) is 13.6 Å². The minimum absolute atomic E-state index is 0.0838. The molecule has 0 N–H and O–H groups in total. The maximum absolute atomic E-state index is 13.5. The van der Waals surface area contributed by atoms with Crippen LogP contribution in [0.2, 0.25) is 0 Å². The van der Waals surface area contributed by atoms with Crippen LogP contribution in [-0.2, 0) is 4.79 Å². The van der Waals surface area contributed by atoms with E-state index in [2.05, 4.69) is 6.07 Å². The highest BCUT2D eigenvalue weighted by Crippen LogP contribution is 2.22. The van der Waals surface area contributed by atoms with Crippen molar-refractivity contribution in [3.63, 3.8) is 0 Å². The Morgan fingerprint density at radius 1 is 1.15 bits per heavy atom. The summed E-state index contributed by atoms with van der Waals surface area (Å²) >= 11 is 0. The third kappa shape index (κ3) is 4.87. The van der Waals surface area contributed by atoms with Gasteiger partial charge in [-0.1, -0.05) is 24.3 Å². The molecule has 4 nitrogen and oxygen atoms in total. The summed E-state index contributed by atoms with van der Waals surface area (Å²) in [6.45, 7) is 2.20. The molecule has 0 aliphatic rings. The van der Waals surface area contributed by atoms with Crippen molar-refractivity contribution in [2.75, 3.05) is 25.0 Å². The molecule has 1 atom stereocenters. The van der Waals surface area contributed by atoms with Crippen LogP contribution in [0.1, 0.15) is 24.9 Å². The van der Waals surface area contributed by atoms with Gasteiger partial charge in [0.05, 0.1) is 19.0 Å². The zero-order valence-electron chi connectivity index (χ0n) is 14.8. The van der Waals surface area contributed by atoms with Gasteiger partial charge < -0.3 is 4.90 Å². The molecule has 0 heterocycles. The Morgan fingerprint density at radius 2 is 1.85 bits per heavy atom. The van der Waals surface area contributed by atoms with Crippen LogP contribution >= 0.6 is 0 Å². The van der Waals surface area contributed by atoms with Gasteiger partial charge in [0.2, 0.25) is 5.91 Å². The third-order valence-corrected chi connectivity index (χ3v) is 4.29. The number of nitrogens with zero attached hydrogens (tertiary/aromatic N) is 3. The molecule has 0 fully saturated rings. The summed E-state index contributed by atoms with van der Waals surface area (Å²) in [6, 6.07) is 14.7. The first-order valence-corrected chi connectivity index (χ1v) is 8.31. The highest BCUT2D eigenvalue weighted by Gasteiger charge is 2.21. The van der Waals surface area contributed by atoms with E-state index in [1.165, 1.54) is 6.07 Å². The summed E-state index contributed by atoms with van der Waals surface area (Å²) in [5.74, 6) is -1.97. The Morgan fingerprint density at radius 3 is 2.46 bits per heavy atom. The molecular formula is C20H21F2N3O. The molecule has 2 aromatic rings. The van der Waals surface area contributed by atoms with E-state index in [0.29, 0.717) is 12.1 Å². The van der Waals surface area contributed by atoms with Crippen LogP contribution in [0.5, 0.6) is 0 Å². The largest absolute Gasteiger partial charge is 0.310 e. The number of hydrogen-bond acceptors (Lipinski definition) is 3. The lowest BCUT2D eigenvalue weighted by atomic mass is 10.1. The average molecular weight is 357 g/mol. The van der Waals surface area contributed by atoms with Gasteiger partial charge in [0.15, 0.2) is 11.6 Å². The quantitative estimate of drug-likeness (QED) is 0.755. The number of likely N-dealkylation sites (N-methyl/N-ethyl adjacent to an activating group) is 1. The van der Waals surface area contributed by atoms with Gasteiger partial charge in [-0.25, -0.2) is 8.78 Å². The molecule has 0 saturated heterocycles. The smallest absolute Gasteiger partial charge is 0.241 e. The number of anilines is 1. The fourth-order valence-electron chi connectivity index (χ4n) is 2.63. The van der Waals surface area contributed by atoms with Crippen LogP contribution in [0.3, 0.4) is 0 Å². The number of carbonyl (C=O) groups is 1. The maximum atomic E-state index is 13.5. The van der Waals surface area contributed by atoms with Gasteiger partial charge in [-0.05, 0) is 43.8 Å². The molecule has 0 saturated carbocycles. The molecular weight excluding hydrogens is 336 g/mol. The number of amides is 1. The molecule has 1 amide bonds. The van der Waals surface area contributed by atoms with Crippen molar-refractivity contribution in [3.05, 3.63) is 65.7 Å². The van der Waals surface area contributed by atoms with E-state index in [1.54, 1.807) is 16.8 Å². The molecule has 26 heavy (non-hydrogen) atoms. The molecule has 0 spiro atoms. The minimum atomic E-state index is -0.908. The number of nitriles is 1. The Bertz CT molecular complexity index is 789. The predicted molar refractivity (Wildman–Crippen MR) is 96.4 cm³/mol. The lowest BCUT2D eigenvalue weighted by molar-refractivity contribution is -0.119. The van der Waals surface area contributed by atoms with Gasteiger partial charge in [-0.15, -0.1) is 0 Å². The number of benzene rings is 2. The Hall–Kier alpha value is -2.78. The van der Waals surface area contributed by atoms with Crippen molar-refractivity contribution in [1.29, 1.82) is 5.26 Å². The summed E-state index contributed by atoms with van der Waals surface area (Å²) < 4.78 is 26.6. The third-order valence-electron chi connectivity index (χ3n) is 4.29. The molecule has 0 radical (unpaired) electrons. The molecule has 2 rings (SSSR count). The van der Waals surface area contributed by atoms with E-state index in [4.69, 9.17) is 5.26 Å². The first kappa shape index (κ1) is 19.5. The molecule has 136 valence electrons. The van der Waals surface area contributed by atoms with Crippen molar-refractivity contribution < 1.29 is 13.6 Å². The second-order valence-electron chi connectivity index (χ2n) is 6.05. The first-order valence-electron chi connectivity index (χ1n) is 8.31. The van der Waals surface area contributed by atoms with E-state index in [-0.39, 0.29) is 24.9 Å². The van der Waals surface area contributed by atoms with Crippen molar-refractivity contribution in [2.45, 2.75) is 19.4 Å². The Balaban J connectivity index is 2.11. The van der Waals surface area contributed by atoms with E-state index >= 15 is 0 Å². The fraction of sp³-hybridized carbons (Fsp3) is 0.300. The number of hydrogen-bond donors (Lipinski definition) is 0. The highest BCUT2D eigenvalue weighted by atomic mass is 19.2. The van der Waals surface area contributed by atoms with Gasteiger partial charge >= 0.3 is 0 Å². The van der Waals surface area contributed by atoms with E-state index in [1.807, 2.05) is 37.3 Å². The first-order chi connectivity index (χ1) is 12.4. The number of rotatable bonds is 7. The number of carbonyl (C=O) groups excluding carboxylic acids is 1. The topological polar surface area (TPSA) is 47.3 Å².